The Kier molecular flexibility index (Phi) is 4.21. The van der Waals surface area contributed by atoms with Crippen LogP contribution in [-0.4, -0.2) is 4.98 Å². The molecule has 0 unspecified atom stereocenters. The van der Waals surface area contributed by atoms with Crippen LogP contribution in [0.3, 0.4) is 0 Å². The maximum atomic E-state index is 5.90. The van der Waals surface area contributed by atoms with Crippen molar-refractivity contribution in [3.63, 3.8) is 0 Å². The minimum Gasteiger partial charge on any atom is -0.438 e. The van der Waals surface area contributed by atoms with Crippen molar-refractivity contribution in [2.45, 2.75) is 25.6 Å². The molecule has 0 amide bonds. The Bertz CT molecular complexity index is 525. The van der Waals surface area contributed by atoms with E-state index in [9.17, 15) is 0 Å². The van der Waals surface area contributed by atoms with Crippen LogP contribution in [-0.2, 0) is 5.88 Å². The van der Waals surface area contributed by atoms with Gasteiger partial charge in [0.05, 0.1) is 5.88 Å². The van der Waals surface area contributed by atoms with E-state index < -0.39 is 0 Å². The Morgan fingerprint density at radius 1 is 1.17 bits per heavy atom. The first-order valence-electron chi connectivity index (χ1n) is 5.99. The van der Waals surface area contributed by atoms with Crippen LogP contribution in [0.15, 0.2) is 42.6 Å². The summed E-state index contributed by atoms with van der Waals surface area (Å²) in [6, 6.07) is 11.8. The van der Waals surface area contributed by atoms with Crippen LogP contribution in [0.2, 0.25) is 0 Å². The quantitative estimate of drug-likeness (QED) is 0.742. The Hall–Kier alpha value is -1.54. The number of rotatable bonds is 4. The summed E-state index contributed by atoms with van der Waals surface area (Å²) in [6.45, 7) is 4.28. The van der Waals surface area contributed by atoms with Crippen molar-refractivity contribution in [3.8, 4) is 11.6 Å². The fraction of sp³-hybridized carbons (Fsp3) is 0.267. The van der Waals surface area contributed by atoms with Gasteiger partial charge in [-0.25, -0.2) is 4.98 Å². The topological polar surface area (TPSA) is 22.1 Å². The summed E-state index contributed by atoms with van der Waals surface area (Å²) in [4.78, 5) is 4.24. The lowest BCUT2D eigenvalue weighted by molar-refractivity contribution is 0.450. The van der Waals surface area contributed by atoms with E-state index in [0.29, 0.717) is 17.7 Å². The molecule has 2 rings (SSSR count). The molecule has 0 N–H and O–H groups in total. The molecule has 0 aliphatic carbocycles. The molecule has 18 heavy (non-hydrogen) atoms. The van der Waals surface area contributed by atoms with E-state index in [1.807, 2.05) is 30.3 Å². The van der Waals surface area contributed by atoms with Gasteiger partial charge in [0.2, 0.25) is 5.88 Å². The lowest BCUT2D eigenvalue weighted by Gasteiger charge is -2.14. The summed E-state index contributed by atoms with van der Waals surface area (Å²) in [5.41, 5.74) is 2.07. The average Bonchev–Trinajstić information content (AvgIpc) is 2.40. The first kappa shape index (κ1) is 12.9. The Balaban J connectivity index is 2.34. The van der Waals surface area contributed by atoms with E-state index >= 15 is 0 Å². The summed E-state index contributed by atoms with van der Waals surface area (Å²) in [7, 11) is 0. The smallest absolute Gasteiger partial charge is 0.223 e. The zero-order valence-corrected chi connectivity index (χ0v) is 11.3. The Morgan fingerprint density at radius 2 is 1.94 bits per heavy atom. The van der Waals surface area contributed by atoms with E-state index in [4.69, 9.17) is 16.3 Å². The second-order valence-corrected chi connectivity index (χ2v) is 4.66. The number of hydrogen-bond donors (Lipinski definition) is 0. The standard InChI is InChI=1S/C15H16ClNO/c1-11(2)13-7-3-4-8-14(13)18-15-12(10-16)6-5-9-17-15/h3-9,11H,10H2,1-2H3. The highest BCUT2D eigenvalue weighted by Crippen LogP contribution is 2.31. The zero-order valence-electron chi connectivity index (χ0n) is 10.6. The molecule has 94 valence electrons. The van der Waals surface area contributed by atoms with Crippen molar-refractivity contribution >= 4 is 11.6 Å². The van der Waals surface area contributed by atoms with Crippen LogP contribution in [0.4, 0.5) is 0 Å². The van der Waals surface area contributed by atoms with Crippen LogP contribution >= 0.6 is 11.6 Å². The molecule has 0 bridgehead atoms. The van der Waals surface area contributed by atoms with E-state index in [1.54, 1.807) is 6.20 Å². The number of hydrogen-bond acceptors (Lipinski definition) is 2. The van der Waals surface area contributed by atoms with Crippen LogP contribution in [0.1, 0.15) is 30.9 Å². The van der Waals surface area contributed by atoms with Gasteiger partial charge >= 0.3 is 0 Å². The third kappa shape index (κ3) is 2.82. The van der Waals surface area contributed by atoms with E-state index in [1.165, 1.54) is 5.56 Å². The Morgan fingerprint density at radius 3 is 2.67 bits per heavy atom. The van der Waals surface area contributed by atoms with Crippen LogP contribution in [0.5, 0.6) is 11.6 Å². The number of ether oxygens (including phenoxy) is 1. The van der Waals surface area contributed by atoms with Crippen molar-refractivity contribution in [2.24, 2.45) is 0 Å². The highest BCUT2D eigenvalue weighted by Gasteiger charge is 2.10. The number of halogens is 1. The van der Waals surface area contributed by atoms with Gasteiger partial charge in [0.15, 0.2) is 0 Å². The van der Waals surface area contributed by atoms with E-state index in [0.717, 1.165) is 11.3 Å². The molecule has 0 saturated carbocycles. The van der Waals surface area contributed by atoms with Gasteiger partial charge in [-0.2, -0.15) is 0 Å². The summed E-state index contributed by atoms with van der Waals surface area (Å²) < 4.78 is 5.90. The summed E-state index contributed by atoms with van der Waals surface area (Å²) in [5.74, 6) is 2.23. The first-order valence-corrected chi connectivity index (χ1v) is 6.52. The lowest BCUT2D eigenvalue weighted by Crippen LogP contribution is -1.97. The van der Waals surface area contributed by atoms with E-state index in [2.05, 4.69) is 24.9 Å². The maximum absolute atomic E-state index is 5.90. The lowest BCUT2D eigenvalue weighted by atomic mass is 10.0. The fourth-order valence-electron chi connectivity index (χ4n) is 1.77. The zero-order chi connectivity index (χ0) is 13.0. The predicted octanol–water partition coefficient (Wildman–Crippen LogP) is 4.74. The van der Waals surface area contributed by atoms with Crippen molar-refractivity contribution < 1.29 is 4.74 Å². The van der Waals surface area contributed by atoms with Gasteiger partial charge in [-0.05, 0) is 23.6 Å². The van der Waals surface area contributed by atoms with Gasteiger partial charge in [0.25, 0.3) is 0 Å². The van der Waals surface area contributed by atoms with Gasteiger partial charge < -0.3 is 4.74 Å². The molecule has 1 aromatic heterocycles. The molecule has 1 heterocycles. The van der Waals surface area contributed by atoms with Gasteiger partial charge in [0.1, 0.15) is 5.75 Å². The summed E-state index contributed by atoms with van der Waals surface area (Å²) in [6.07, 6.45) is 1.71. The molecule has 0 fully saturated rings. The molecule has 0 atom stereocenters. The van der Waals surface area contributed by atoms with Gasteiger partial charge in [-0.3, -0.25) is 0 Å². The van der Waals surface area contributed by atoms with Crippen LogP contribution in [0, 0.1) is 0 Å². The normalized spacial score (nSPS) is 10.7. The molecule has 2 nitrogen and oxygen atoms in total. The first-order chi connectivity index (χ1) is 8.72. The second kappa shape index (κ2) is 5.87. The average molecular weight is 262 g/mol. The fourth-order valence-corrected chi connectivity index (χ4v) is 1.98. The minimum absolute atomic E-state index is 0.396. The summed E-state index contributed by atoms with van der Waals surface area (Å²) in [5, 5.41) is 0. The van der Waals surface area contributed by atoms with Crippen LogP contribution < -0.4 is 4.74 Å². The number of benzene rings is 1. The van der Waals surface area contributed by atoms with Crippen molar-refractivity contribution in [3.05, 3.63) is 53.7 Å². The second-order valence-electron chi connectivity index (χ2n) is 4.40. The number of para-hydroxylation sites is 1. The largest absolute Gasteiger partial charge is 0.438 e. The highest BCUT2D eigenvalue weighted by atomic mass is 35.5. The Labute approximate surface area is 113 Å². The monoisotopic (exact) mass is 261 g/mol. The number of nitrogens with zero attached hydrogens (tertiary/aromatic N) is 1. The van der Waals surface area contributed by atoms with Gasteiger partial charge in [0, 0.05) is 11.8 Å². The summed E-state index contributed by atoms with van der Waals surface area (Å²) >= 11 is 5.88. The molecule has 0 saturated heterocycles. The molecule has 0 aliphatic rings. The number of pyridine rings is 1. The minimum atomic E-state index is 0.396. The molecule has 2 aromatic rings. The molecule has 0 radical (unpaired) electrons. The van der Waals surface area contributed by atoms with Crippen LogP contribution in [0.25, 0.3) is 0 Å². The number of aromatic nitrogens is 1. The molecule has 1 aromatic carbocycles. The van der Waals surface area contributed by atoms with E-state index in [-0.39, 0.29) is 0 Å². The molecule has 0 spiro atoms. The third-order valence-corrected chi connectivity index (χ3v) is 3.03. The van der Waals surface area contributed by atoms with Crippen molar-refractivity contribution in [2.75, 3.05) is 0 Å². The molecule has 3 heteroatoms. The van der Waals surface area contributed by atoms with Crippen molar-refractivity contribution in [1.82, 2.24) is 4.98 Å². The number of alkyl halides is 1. The molecule has 0 aliphatic heterocycles. The van der Waals surface area contributed by atoms with Crippen molar-refractivity contribution in [1.29, 1.82) is 0 Å². The molecular formula is C15H16ClNO. The third-order valence-electron chi connectivity index (χ3n) is 2.74. The van der Waals surface area contributed by atoms with Gasteiger partial charge in [-0.1, -0.05) is 38.1 Å². The van der Waals surface area contributed by atoms with Gasteiger partial charge in [-0.15, -0.1) is 11.6 Å². The molecular weight excluding hydrogens is 246 g/mol. The predicted molar refractivity (Wildman–Crippen MR) is 74.4 cm³/mol. The SMILES string of the molecule is CC(C)c1ccccc1Oc1ncccc1CCl. The highest BCUT2D eigenvalue weighted by molar-refractivity contribution is 6.17. The maximum Gasteiger partial charge on any atom is 0.223 e.